The maximum absolute atomic E-state index is 12.2. The summed E-state index contributed by atoms with van der Waals surface area (Å²) in [6.07, 6.45) is 0. The van der Waals surface area contributed by atoms with E-state index in [1.165, 1.54) is 22.5 Å². The molecule has 0 saturated heterocycles. The van der Waals surface area contributed by atoms with Gasteiger partial charge < -0.3 is 0 Å². The van der Waals surface area contributed by atoms with Crippen LogP contribution < -0.4 is 5.32 Å². The van der Waals surface area contributed by atoms with Gasteiger partial charge in [-0.25, -0.2) is 4.98 Å². The third-order valence-corrected chi connectivity index (χ3v) is 4.92. The van der Waals surface area contributed by atoms with Crippen molar-refractivity contribution in [1.82, 2.24) is 4.98 Å². The van der Waals surface area contributed by atoms with E-state index in [4.69, 9.17) is 0 Å². The molecule has 1 aromatic heterocycles. The van der Waals surface area contributed by atoms with Gasteiger partial charge in [0.05, 0.1) is 5.69 Å². The highest BCUT2D eigenvalue weighted by Gasteiger charge is 2.10. The number of rotatable bonds is 3. The number of benzene rings is 2. The third-order valence-electron chi connectivity index (χ3n) is 3.63. The molecule has 0 spiro atoms. The largest absolute Gasteiger partial charge is 0.298 e. The first-order chi connectivity index (χ1) is 11.0. The van der Waals surface area contributed by atoms with Gasteiger partial charge in [0.2, 0.25) is 0 Å². The molecule has 5 heteroatoms. The summed E-state index contributed by atoms with van der Waals surface area (Å²) >= 11 is 4.79. The molecule has 1 amide bonds. The van der Waals surface area contributed by atoms with Crippen LogP contribution in [0.3, 0.4) is 0 Å². The molecule has 1 heterocycles. The minimum atomic E-state index is -0.154. The van der Waals surface area contributed by atoms with Gasteiger partial charge in [-0.1, -0.05) is 28.1 Å². The quantitative estimate of drug-likeness (QED) is 0.650. The first-order valence-electron chi connectivity index (χ1n) is 7.13. The van der Waals surface area contributed by atoms with Crippen LogP contribution in [0.5, 0.6) is 0 Å². The Labute approximate surface area is 147 Å². The molecular weight excluding hydrogens is 372 g/mol. The van der Waals surface area contributed by atoms with Crippen LogP contribution >= 0.6 is 27.3 Å². The second-order valence-electron chi connectivity index (χ2n) is 5.30. The molecule has 3 aromatic rings. The fraction of sp³-hybridized carbons (Fsp3) is 0.111. The number of anilines is 1. The van der Waals surface area contributed by atoms with Crippen molar-refractivity contribution in [3.63, 3.8) is 0 Å². The van der Waals surface area contributed by atoms with Crippen molar-refractivity contribution < 1.29 is 4.79 Å². The Bertz CT molecular complexity index is 856. The van der Waals surface area contributed by atoms with Crippen molar-refractivity contribution in [2.75, 3.05) is 5.32 Å². The van der Waals surface area contributed by atoms with Gasteiger partial charge in [0, 0.05) is 21.0 Å². The van der Waals surface area contributed by atoms with Crippen molar-refractivity contribution >= 4 is 38.3 Å². The molecule has 0 aliphatic rings. The summed E-state index contributed by atoms with van der Waals surface area (Å²) in [5, 5.41) is 5.41. The lowest BCUT2D eigenvalue weighted by Crippen LogP contribution is -2.11. The normalized spacial score (nSPS) is 10.6. The second-order valence-corrected chi connectivity index (χ2v) is 7.07. The smallest absolute Gasteiger partial charge is 0.257 e. The molecule has 3 nitrogen and oxygen atoms in total. The van der Waals surface area contributed by atoms with Gasteiger partial charge in [-0.3, -0.25) is 10.1 Å². The van der Waals surface area contributed by atoms with Crippen molar-refractivity contribution in [1.29, 1.82) is 0 Å². The van der Waals surface area contributed by atoms with Gasteiger partial charge in [-0.05, 0) is 55.3 Å². The van der Waals surface area contributed by atoms with E-state index in [9.17, 15) is 4.79 Å². The number of hydrogen-bond donors (Lipinski definition) is 1. The van der Waals surface area contributed by atoms with Gasteiger partial charge >= 0.3 is 0 Å². The number of amides is 1. The summed E-state index contributed by atoms with van der Waals surface area (Å²) in [6, 6.07) is 13.5. The number of aromatic nitrogens is 1. The SMILES string of the molecule is Cc1ccc(-c2csc(NC(=O)c3ccc(Br)cc3)n2)cc1C. The molecule has 1 N–H and O–H groups in total. The molecule has 0 aliphatic carbocycles. The minimum absolute atomic E-state index is 0.154. The molecule has 0 radical (unpaired) electrons. The molecule has 0 unspecified atom stereocenters. The number of carbonyl (C=O) groups excluding carboxylic acids is 1. The average molecular weight is 387 g/mol. The van der Waals surface area contributed by atoms with Crippen LogP contribution in [0, 0.1) is 13.8 Å². The minimum Gasteiger partial charge on any atom is -0.298 e. The Morgan fingerprint density at radius 1 is 1.09 bits per heavy atom. The number of carbonyl (C=O) groups is 1. The van der Waals surface area contributed by atoms with E-state index in [0.717, 1.165) is 15.7 Å². The first kappa shape index (κ1) is 15.9. The molecule has 0 atom stereocenters. The zero-order valence-corrected chi connectivity index (χ0v) is 15.2. The summed E-state index contributed by atoms with van der Waals surface area (Å²) in [4.78, 5) is 16.7. The maximum Gasteiger partial charge on any atom is 0.257 e. The summed E-state index contributed by atoms with van der Waals surface area (Å²) in [7, 11) is 0. The number of thiazole rings is 1. The van der Waals surface area contributed by atoms with Crippen LogP contribution in [0.1, 0.15) is 21.5 Å². The molecule has 2 aromatic carbocycles. The van der Waals surface area contributed by atoms with Gasteiger partial charge in [-0.2, -0.15) is 0 Å². The number of nitrogens with one attached hydrogen (secondary N) is 1. The summed E-state index contributed by atoms with van der Waals surface area (Å²) in [5.41, 5.74) is 5.04. The van der Waals surface area contributed by atoms with E-state index in [0.29, 0.717) is 10.7 Å². The lowest BCUT2D eigenvalue weighted by Gasteiger charge is -2.03. The van der Waals surface area contributed by atoms with E-state index in [1.54, 1.807) is 12.1 Å². The van der Waals surface area contributed by atoms with Crippen LogP contribution in [-0.4, -0.2) is 10.9 Å². The number of aryl methyl sites for hydroxylation is 2. The maximum atomic E-state index is 12.2. The third kappa shape index (κ3) is 3.68. The predicted octanol–water partition coefficient (Wildman–Crippen LogP) is 5.44. The van der Waals surface area contributed by atoms with Crippen LogP contribution in [0.4, 0.5) is 5.13 Å². The second kappa shape index (κ2) is 6.64. The number of nitrogens with zero attached hydrogens (tertiary/aromatic N) is 1. The van der Waals surface area contributed by atoms with Gasteiger partial charge in [-0.15, -0.1) is 11.3 Å². The highest BCUT2D eigenvalue weighted by molar-refractivity contribution is 9.10. The Kier molecular flexibility index (Phi) is 4.59. The average Bonchev–Trinajstić information content (AvgIpc) is 2.99. The fourth-order valence-corrected chi connectivity index (χ4v) is 3.11. The Morgan fingerprint density at radius 3 is 2.52 bits per heavy atom. The number of halogens is 1. The zero-order chi connectivity index (χ0) is 16.4. The van der Waals surface area contributed by atoms with Crippen LogP contribution in [0.15, 0.2) is 52.3 Å². The lowest BCUT2D eigenvalue weighted by atomic mass is 10.1. The number of hydrogen-bond acceptors (Lipinski definition) is 3. The van der Waals surface area contributed by atoms with Crippen molar-refractivity contribution in [2.24, 2.45) is 0 Å². The van der Waals surface area contributed by atoms with E-state index in [2.05, 4.69) is 58.3 Å². The summed E-state index contributed by atoms with van der Waals surface area (Å²) < 4.78 is 0.945. The fourth-order valence-electron chi connectivity index (χ4n) is 2.14. The van der Waals surface area contributed by atoms with Crippen LogP contribution in [-0.2, 0) is 0 Å². The molecule has 0 saturated carbocycles. The Morgan fingerprint density at radius 2 is 1.83 bits per heavy atom. The zero-order valence-electron chi connectivity index (χ0n) is 12.8. The molecule has 0 fully saturated rings. The first-order valence-corrected chi connectivity index (χ1v) is 8.80. The molecular formula is C18H15BrN2OS. The van der Waals surface area contributed by atoms with Gasteiger partial charge in [0.1, 0.15) is 0 Å². The Hall–Kier alpha value is -1.98. The highest BCUT2D eigenvalue weighted by atomic mass is 79.9. The van der Waals surface area contributed by atoms with Crippen molar-refractivity contribution in [2.45, 2.75) is 13.8 Å². The predicted molar refractivity (Wildman–Crippen MR) is 99.1 cm³/mol. The Balaban J connectivity index is 1.77. The van der Waals surface area contributed by atoms with Crippen molar-refractivity contribution in [3.05, 3.63) is 69.0 Å². The van der Waals surface area contributed by atoms with E-state index >= 15 is 0 Å². The molecule has 23 heavy (non-hydrogen) atoms. The summed E-state index contributed by atoms with van der Waals surface area (Å²) in [6.45, 7) is 4.17. The van der Waals surface area contributed by atoms with Gasteiger partial charge in [0.15, 0.2) is 5.13 Å². The standard InChI is InChI=1S/C18H15BrN2OS/c1-11-3-4-14(9-12(11)2)16-10-23-18(20-16)21-17(22)13-5-7-15(19)8-6-13/h3-10H,1-2H3,(H,20,21,22). The lowest BCUT2D eigenvalue weighted by molar-refractivity contribution is 0.102. The molecule has 0 aliphatic heterocycles. The van der Waals surface area contributed by atoms with E-state index in [1.807, 2.05) is 17.5 Å². The molecule has 116 valence electrons. The highest BCUT2D eigenvalue weighted by Crippen LogP contribution is 2.26. The molecule has 0 bridgehead atoms. The van der Waals surface area contributed by atoms with E-state index < -0.39 is 0 Å². The molecule has 3 rings (SSSR count). The van der Waals surface area contributed by atoms with Crippen LogP contribution in [0.2, 0.25) is 0 Å². The topological polar surface area (TPSA) is 42.0 Å². The van der Waals surface area contributed by atoms with E-state index in [-0.39, 0.29) is 5.91 Å². The van der Waals surface area contributed by atoms with Gasteiger partial charge in [0.25, 0.3) is 5.91 Å². The van der Waals surface area contributed by atoms with Crippen molar-refractivity contribution in [3.8, 4) is 11.3 Å². The monoisotopic (exact) mass is 386 g/mol. The van der Waals surface area contributed by atoms with Crippen LogP contribution in [0.25, 0.3) is 11.3 Å². The summed E-state index contributed by atoms with van der Waals surface area (Å²) in [5.74, 6) is -0.154.